The van der Waals surface area contributed by atoms with E-state index in [4.69, 9.17) is 0 Å². The zero-order valence-electron chi connectivity index (χ0n) is 24.8. The Balaban J connectivity index is 1.77. The number of nitrogens with one attached hydrogen (secondary N) is 1. The zero-order valence-corrected chi connectivity index (χ0v) is 24.8. The van der Waals surface area contributed by atoms with Gasteiger partial charge in [0, 0.05) is 12.2 Å². The predicted octanol–water partition coefficient (Wildman–Crippen LogP) is 10.7. The van der Waals surface area contributed by atoms with Crippen molar-refractivity contribution in [1.29, 1.82) is 0 Å². The van der Waals surface area contributed by atoms with Crippen LogP contribution in [0.5, 0.6) is 0 Å². The smallest absolute Gasteiger partial charge is 0.416 e. The molecule has 2 N–H and O–H groups in total. The molecule has 0 saturated carbocycles. The molecule has 0 radical (unpaired) electrons. The van der Waals surface area contributed by atoms with Crippen LogP contribution in [0, 0.1) is 11.8 Å². The number of rotatable bonds is 12. The van der Waals surface area contributed by atoms with Gasteiger partial charge in [-0.15, -0.1) is 0 Å². The van der Waals surface area contributed by atoms with Crippen LogP contribution in [0.1, 0.15) is 73.8 Å². The maximum absolute atomic E-state index is 13.2. The highest BCUT2D eigenvalue weighted by Gasteiger charge is 2.37. The lowest BCUT2D eigenvalue weighted by Gasteiger charge is -2.19. The predicted molar refractivity (Wildman–Crippen MR) is 154 cm³/mol. The summed E-state index contributed by atoms with van der Waals surface area (Å²) in [5.74, 6) is -2.12. The van der Waals surface area contributed by atoms with Crippen LogP contribution in [-0.4, -0.2) is 17.6 Å². The van der Waals surface area contributed by atoms with Crippen LogP contribution < -0.4 is 5.32 Å². The SMILES string of the molecule is CC(C)CC(C(=O)O)c1cc(NCCCC(C)Cc2cc(C(F)(F)F)cc(C(F)(F)F)c2)cc(-c2ccc(C(F)(F)F)cc2)c1. The van der Waals surface area contributed by atoms with Crippen LogP contribution in [0.4, 0.5) is 45.2 Å². The number of anilines is 1. The molecule has 3 rings (SSSR count). The summed E-state index contributed by atoms with van der Waals surface area (Å²) in [5, 5.41) is 13.1. The van der Waals surface area contributed by atoms with Crippen molar-refractivity contribution in [1.82, 2.24) is 0 Å². The van der Waals surface area contributed by atoms with Gasteiger partial charge in [-0.3, -0.25) is 4.79 Å². The minimum atomic E-state index is -4.92. The van der Waals surface area contributed by atoms with E-state index in [1.165, 1.54) is 12.1 Å². The van der Waals surface area contributed by atoms with E-state index in [-0.39, 0.29) is 29.9 Å². The average molecular weight is 648 g/mol. The second-order valence-corrected chi connectivity index (χ2v) is 11.7. The van der Waals surface area contributed by atoms with Gasteiger partial charge in [0.2, 0.25) is 0 Å². The molecule has 0 spiro atoms. The van der Waals surface area contributed by atoms with Crippen molar-refractivity contribution in [3.63, 3.8) is 0 Å². The first-order valence-electron chi connectivity index (χ1n) is 14.3. The number of carboxylic acid groups (broad SMARTS) is 1. The Bertz CT molecular complexity index is 1410. The molecule has 0 aliphatic carbocycles. The summed E-state index contributed by atoms with van der Waals surface area (Å²) in [7, 11) is 0. The van der Waals surface area contributed by atoms with E-state index >= 15 is 0 Å². The number of hydrogen-bond acceptors (Lipinski definition) is 2. The first-order valence-corrected chi connectivity index (χ1v) is 14.3. The molecule has 0 aliphatic heterocycles. The standard InChI is InChI=1S/C33H34F9NO2/c1-19(2)11-29(30(44)45)24-15-23(22-6-8-25(9-7-22)31(34,35)36)16-28(17-24)43-10-4-5-20(3)12-21-13-26(32(37,38)39)18-27(14-21)33(40,41)42/h6-9,13-20,29,43H,4-5,10-12H2,1-3H3,(H,44,45). The van der Waals surface area contributed by atoms with Gasteiger partial charge in [-0.1, -0.05) is 39.0 Å². The van der Waals surface area contributed by atoms with E-state index in [2.05, 4.69) is 5.32 Å². The van der Waals surface area contributed by atoms with Crippen molar-refractivity contribution in [2.24, 2.45) is 11.8 Å². The molecule has 0 heterocycles. The molecule has 45 heavy (non-hydrogen) atoms. The number of carboxylic acids is 1. The Kier molecular flexibility index (Phi) is 11.3. The van der Waals surface area contributed by atoms with E-state index in [1.54, 1.807) is 25.1 Å². The molecule has 0 aromatic heterocycles. The zero-order chi connectivity index (χ0) is 33.7. The van der Waals surface area contributed by atoms with Crippen LogP contribution in [0.3, 0.4) is 0 Å². The lowest BCUT2D eigenvalue weighted by molar-refractivity contribution is -0.143. The van der Waals surface area contributed by atoms with Gasteiger partial charge < -0.3 is 10.4 Å². The van der Waals surface area contributed by atoms with Gasteiger partial charge in [0.25, 0.3) is 0 Å². The third-order valence-corrected chi connectivity index (χ3v) is 7.34. The summed E-state index contributed by atoms with van der Waals surface area (Å²) in [6, 6.07) is 11.1. The molecule has 2 unspecified atom stereocenters. The Hall–Kier alpha value is -3.70. The van der Waals surface area contributed by atoms with Crippen molar-refractivity contribution in [2.45, 2.75) is 70.9 Å². The summed E-state index contributed by atoms with van der Waals surface area (Å²) in [6.07, 6.45) is -13.1. The van der Waals surface area contributed by atoms with Gasteiger partial charge in [0.1, 0.15) is 0 Å². The largest absolute Gasteiger partial charge is 0.481 e. The molecule has 3 nitrogen and oxygen atoms in total. The van der Waals surface area contributed by atoms with Gasteiger partial charge in [-0.25, -0.2) is 0 Å². The summed E-state index contributed by atoms with van der Waals surface area (Å²) >= 11 is 0. The molecule has 2 atom stereocenters. The molecule has 12 heteroatoms. The van der Waals surface area contributed by atoms with Crippen LogP contribution in [0.2, 0.25) is 0 Å². The van der Waals surface area contributed by atoms with Crippen molar-refractivity contribution >= 4 is 11.7 Å². The van der Waals surface area contributed by atoms with Gasteiger partial charge in [-0.05, 0) is 102 Å². The first-order chi connectivity index (χ1) is 20.7. The van der Waals surface area contributed by atoms with Crippen molar-refractivity contribution in [3.05, 3.63) is 88.5 Å². The Labute approximate surface area is 255 Å². The monoisotopic (exact) mass is 647 g/mol. The van der Waals surface area contributed by atoms with E-state index in [1.807, 2.05) is 13.8 Å². The molecule has 0 fully saturated rings. The number of halogens is 9. The first kappa shape index (κ1) is 35.8. The molecule has 246 valence electrons. The normalized spacial score (nSPS) is 14.0. The molecular weight excluding hydrogens is 613 g/mol. The third-order valence-electron chi connectivity index (χ3n) is 7.34. The minimum absolute atomic E-state index is 0.00392. The minimum Gasteiger partial charge on any atom is -0.481 e. The fourth-order valence-corrected chi connectivity index (χ4v) is 5.15. The average Bonchev–Trinajstić information content (AvgIpc) is 2.92. The number of alkyl halides is 9. The van der Waals surface area contributed by atoms with Crippen molar-refractivity contribution in [2.75, 3.05) is 11.9 Å². The lowest BCUT2D eigenvalue weighted by atomic mass is 9.88. The van der Waals surface area contributed by atoms with E-state index in [0.717, 1.165) is 24.3 Å². The Morgan fingerprint density at radius 1 is 0.733 bits per heavy atom. The van der Waals surface area contributed by atoms with Gasteiger partial charge in [-0.2, -0.15) is 39.5 Å². The maximum Gasteiger partial charge on any atom is 0.416 e. The highest BCUT2D eigenvalue weighted by atomic mass is 19.4. The third kappa shape index (κ3) is 10.4. The van der Waals surface area contributed by atoms with E-state index in [0.29, 0.717) is 48.2 Å². The maximum atomic E-state index is 13.2. The molecule has 3 aromatic rings. The summed E-state index contributed by atoms with van der Waals surface area (Å²) in [4.78, 5) is 12.1. The Morgan fingerprint density at radius 2 is 1.29 bits per heavy atom. The molecule has 0 amide bonds. The van der Waals surface area contributed by atoms with Crippen molar-refractivity contribution < 1.29 is 49.4 Å². The quantitative estimate of drug-likeness (QED) is 0.152. The fourth-order valence-electron chi connectivity index (χ4n) is 5.15. The van der Waals surface area contributed by atoms with Crippen molar-refractivity contribution in [3.8, 4) is 11.1 Å². The highest BCUT2D eigenvalue weighted by Crippen LogP contribution is 2.38. The second-order valence-electron chi connectivity index (χ2n) is 11.7. The number of hydrogen-bond donors (Lipinski definition) is 2. The van der Waals surface area contributed by atoms with Gasteiger partial charge in [0.15, 0.2) is 0 Å². The molecule has 3 aromatic carbocycles. The number of benzene rings is 3. The summed E-state index contributed by atoms with van der Waals surface area (Å²) in [5.41, 5.74) is -1.66. The molecule has 0 aliphatic rings. The summed E-state index contributed by atoms with van der Waals surface area (Å²) < 4.78 is 119. The summed E-state index contributed by atoms with van der Waals surface area (Å²) in [6.45, 7) is 5.82. The van der Waals surface area contributed by atoms with Crippen LogP contribution >= 0.6 is 0 Å². The second kappa shape index (κ2) is 14.2. The van der Waals surface area contributed by atoms with Crippen LogP contribution in [0.25, 0.3) is 11.1 Å². The number of carbonyl (C=O) groups is 1. The number of aliphatic carboxylic acids is 1. The molecule has 0 bridgehead atoms. The fraction of sp³-hybridized carbons (Fsp3) is 0.424. The lowest BCUT2D eigenvalue weighted by Crippen LogP contribution is -2.15. The topological polar surface area (TPSA) is 49.3 Å². The Morgan fingerprint density at radius 3 is 1.78 bits per heavy atom. The molecular formula is C33H34F9NO2. The van der Waals surface area contributed by atoms with E-state index < -0.39 is 47.1 Å². The highest BCUT2D eigenvalue weighted by molar-refractivity contribution is 5.79. The van der Waals surface area contributed by atoms with Gasteiger partial charge >= 0.3 is 24.5 Å². The van der Waals surface area contributed by atoms with Gasteiger partial charge in [0.05, 0.1) is 22.6 Å². The van der Waals surface area contributed by atoms with Crippen LogP contribution in [-0.2, 0) is 29.7 Å². The molecule has 0 saturated heterocycles. The van der Waals surface area contributed by atoms with E-state index in [9.17, 15) is 49.4 Å². The van der Waals surface area contributed by atoms with Crippen LogP contribution in [0.15, 0.2) is 60.7 Å².